The Morgan fingerprint density at radius 2 is 1.90 bits per heavy atom. The van der Waals surface area contributed by atoms with E-state index in [0.717, 1.165) is 11.4 Å². The third-order valence-corrected chi connectivity index (χ3v) is 4.03. The van der Waals surface area contributed by atoms with Crippen molar-refractivity contribution in [2.75, 3.05) is 0 Å². The van der Waals surface area contributed by atoms with Crippen LogP contribution in [0.2, 0.25) is 0 Å². The summed E-state index contributed by atoms with van der Waals surface area (Å²) in [6.07, 6.45) is 1.76. The number of hydrogen-bond acceptors (Lipinski definition) is 5. The Morgan fingerprint density at radius 3 is 2.62 bits per heavy atom. The van der Waals surface area contributed by atoms with E-state index in [2.05, 4.69) is 46.5 Å². The van der Waals surface area contributed by atoms with Gasteiger partial charge in [-0.15, -0.1) is 10.2 Å². The molecule has 0 aliphatic heterocycles. The van der Waals surface area contributed by atoms with E-state index in [4.69, 9.17) is 4.42 Å². The van der Waals surface area contributed by atoms with Crippen LogP contribution in [0.5, 0.6) is 0 Å². The minimum Gasteiger partial charge on any atom is -0.414 e. The van der Waals surface area contributed by atoms with E-state index in [1.807, 2.05) is 17.7 Å². The topological polar surface area (TPSA) is 56.7 Å². The molecule has 0 aliphatic carbocycles. The zero-order chi connectivity index (χ0) is 14.7. The van der Waals surface area contributed by atoms with Crippen molar-refractivity contribution in [3.05, 3.63) is 59.2 Å². The summed E-state index contributed by atoms with van der Waals surface area (Å²) in [7, 11) is 0. The number of hydrogen-bond donors (Lipinski definition) is 0. The predicted molar refractivity (Wildman–Crippen MR) is 81.1 cm³/mol. The van der Waals surface area contributed by atoms with Crippen LogP contribution < -0.4 is 0 Å². The van der Waals surface area contributed by atoms with Gasteiger partial charge in [-0.1, -0.05) is 41.6 Å². The summed E-state index contributed by atoms with van der Waals surface area (Å²) in [6, 6.07) is 10.4. The zero-order valence-electron chi connectivity index (χ0n) is 12.0. The van der Waals surface area contributed by atoms with Crippen LogP contribution in [0, 0.1) is 13.8 Å². The second-order valence-electron chi connectivity index (χ2n) is 4.87. The molecular weight excluding hydrogens is 284 g/mol. The maximum Gasteiger partial charge on any atom is 0.276 e. The van der Waals surface area contributed by atoms with Gasteiger partial charge in [-0.05, 0) is 25.5 Å². The predicted octanol–water partition coefficient (Wildman–Crippen LogP) is 3.22. The van der Waals surface area contributed by atoms with E-state index in [1.165, 1.54) is 11.1 Å². The summed E-state index contributed by atoms with van der Waals surface area (Å²) >= 11 is 1.55. The molecule has 6 heteroatoms. The Hall–Kier alpha value is -2.08. The number of aromatic nitrogens is 4. The average molecular weight is 300 g/mol. The highest BCUT2D eigenvalue weighted by Gasteiger charge is 2.09. The molecule has 0 radical (unpaired) electrons. The number of benzene rings is 1. The van der Waals surface area contributed by atoms with Gasteiger partial charge in [0, 0.05) is 17.6 Å². The van der Waals surface area contributed by atoms with Crippen LogP contribution in [0.25, 0.3) is 0 Å². The van der Waals surface area contributed by atoms with Crippen molar-refractivity contribution in [1.29, 1.82) is 0 Å². The quantitative estimate of drug-likeness (QED) is 0.677. The van der Waals surface area contributed by atoms with Crippen LogP contribution in [0.1, 0.15) is 22.7 Å². The van der Waals surface area contributed by atoms with Gasteiger partial charge in [0.15, 0.2) is 0 Å². The molecule has 3 rings (SSSR count). The summed E-state index contributed by atoms with van der Waals surface area (Å²) in [5.74, 6) is 1.40. The van der Waals surface area contributed by atoms with Crippen LogP contribution in [0.15, 0.2) is 46.2 Å². The molecule has 2 heterocycles. The zero-order valence-corrected chi connectivity index (χ0v) is 12.8. The van der Waals surface area contributed by atoms with Gasteiger partial charge in [0.25, 0.3) is 5.22 Å². The molecule has 2 aromatic heterocycles. The normalized spacial score (nSPS) is 11.0. The van der Waals surface area contributed by atoms with E-state index < -0.39 is 0 Å². The van der Waals surface area contributed by atoms with Crippen LogP contribution in [0.3, 0.4) is 0 Å². The molecule has 3 aromatic rings. The summed E-state index contributed by atoms with van der Waals surface area (Å²) in [5.41, 5.74) is 3.58. The van der Waals surface area contributed by atoms with Crippen molar-refractivity contribution < 1.29 is 4.42 Å². The third-order valence-electron chi connectivity index (χ3n) is 3.15. The lowest BCUT2D eigenvalue weighted by molar-refractivity contribution is 0.396. The summed E-state index contributed by atoms with van der Waals surface area (Å²) < 4.78 is 7.47. The molecule has 0 saturated heterocycles. The van der Waals surface area contributed by atoms with E-state index in [-0.39, 0.29) is 0 Å². The molecule has 0 amide bonds. The lowest BCUT2D eigenvalue weighted by atomic mass is 10.2. The Kier molecular flexibility index (Phi) is 4.06. The molecule has 0 saturated carbocycles. The van der Waals surface area contributed by atoms with Crippen molar-refractivity contribution in [2.45, 2.75) is 31.4 Å². The molecular formula is C15H16N4OS. The molecule has 21 heavy (non-hydrogen) atoms. The van der Waals surface area contributed by atoms with E-state index in [0.29, 0.717) is 17.7 Å². The first-order valence-corrected chi connectivity index (χ1v) is 7.68. The average Bonchev–Trinajstić information content (AvgIpc) is 3.09. The van der Waals surface area contributed by atoms with E-state index >= 15 is 0 Å². The highest BCUT2D eigenvalue weighted by atomic mass is 32.2. The van der Waals surface area contributed by atoms with Crippen molar-refractivity contribution in [2.24, 2.45) is 0 Å². The highest BCUT2D eigenvalue weighted by molar-refractivity contribution is 7.98. The van der Waals surface area contributed by atoms with Crippen molar-refractivity contribution in [3.63, 3.8) is 0 Å². The Balaban J connectivity index is 1.60. The maximum atomic E-state index is 5.64. The minimum atomic E-state index is 0.511. The standard InChI is InChI=1S/C15H16N4OS/c1-11-3-5-13(6-4-11)10-21-15-18-17-14(20-15)9-19-12(2)7-8-16-19/h3-8H,9-10H2,1-2H3. The second-order valence-corrected chi connectivity index (χ2v) is 5.79. The molecule has 108 valence electrons. The first kappa shape index (κ1) is 13.9. The first-order valence-electron chi connectivity index (χ1n) is 6.70. The lowest BCUT2D eigenvalue weighted by Gasteiger charge is -2.00. The number of thioether (sulfide) groups is 1. The molecule has 0 aliphatic rings. The smallest absolute Gasteiger partial charge is 0.276 e. The summed E-state index contributed by atoms with van der Waals surface area (Å²) in [4.78, 5) is 0. The highest BCUT2D eigenvalue weighted by Crippen LogP contribution is 2.21. The fourth-order valence-corrected chi connectivity index (χ4v) is 2.62. The largest absolute Gasteiger partial charge is 0.414 e. The van der Waals surface area contributed by atoms with Crippen LogP contribution in [-0.4, -0.2) is 20.0 Å². The molecule has 5 nitrogen and oxygen atoms in total. The van der Waals surface area contributed by atoms with Gasteiger partial charge in [-0.3, -0.25) is 4.68 Å². The van der Waals surface area contributed by atoms with Crippen LogP contribution >= 0.6 is 11.8 Å². The van der Waals surface area contributed by atoms with Gasteiger partial charge >= 0.3 is 0 Å². The summed E-state index contributed by atoms with van der Waals surface area (Å²) in [5, 5.41) is 12.9. The van der Waals surface area contributed by atoms with Crippen molar-refractivity contribution in [1.82, 2.24) is 20.0 Å². The Labute approximate surface area is 127 Å². The second kappa shape index (κ2) is 6.13. The lowest BCUT2D eigenvalue weighted by Crippen LogP contribution is -2.03. The molecule has 0 bridgehead atoms. The van der Waals surface area contributed by atoms with Gasteiger partial charge in [0.2, 0.25) is 5.89 Å². The van der Waals surface area contributed by atoms with Gasteiger partial charge in [-0.25, -0.2) is 0 Å². The minimum absolute atomic E-state index is 0.511. The molecule has 0 N–H and O–H groups in total. The maximum absolute atomic E-state index is 5.64. The van der Waals surface area contributed by atoms with E-state index in [9.17, 15) is 0 Å². The van der Waals surface area contributed by atoms with Gasteiger partial charge in [0.1, 0.15) is 6.54 Å². The van der Waals surface area contributed by atoms with Gasteiger partial charge in [0.05, 0.1) is 0 Å². The van der Waals surface area contributed by atoms with Gasteiger partial charge in [-0.2, -0.15) is 5.10 Å². The molecule has 0 atom stereocenters. The Bertz CT molecular complexity index is 717. The monoisotopic (exact) mass is 300 g/mol. The fraction of sp³-hybridized carbons (Fsp3) is 0.267. The van der Waals surface area contributed by atoms with E-state index in [1.54, 1.807) is 18.0 Å². The third kappa shape index (κ3) is 3.52. The number of aryl methyl sites for hydroxylation is 2. The Morgan fingerprint density at radius 1 is 1.10 bits per heavy atom. The fourth-order valence-electron chi connectivity index (χ4n) is 1.88. The summed E-state index contributed by atoms with van der Waals surface area (Å²) in [6.45, 7) is 4.59. The van der Waals surface area contributed by atoms with Crippen molar-refractivity contribution >= 4 is 11.8 Å². The van der Waals surface area contributed by atoms with Crippen LogP contribution in [0.4, 0.5) is 0 Å². The molecule has 1 aromatic carbocycles. The van der Waals surface area contributed by atoms with Gasteiger partial charge < -0.3 is 4.42 Å². The molecule has 0 fully saturated rings. The molecule has 0 unspecified atom stereocenters. The number of rotatable bonds is 5. The number of nitrogens with zero attached hydrogens (tertiary/aromatic N) is 4. The van der Waals surface area contributed by atoms with Crippen molar-refractivity contribution in [3.8, 4) is 0 Å². The SMILES string of the molecule is Cc1ccc(CSc2nnc(Cn3nccc3C)o2)cc1. The van der Waals surface area contributed by atoms with Crippen LogP contribution in [-0.2, 0) is 12.3 Å². The first-order chi connectivity index (χ1) is 10.2. The molecule has 0 spiro atoms.